The highest BCUT2D eigenvalue weighted by Gasteiger charge is 2.33. The third kappa shape index (κ3) is 5.45. The average molecular weight is 678 g/mol. The summed E-state index contributed by atoms with van der Waals surface area (Å²) in [5.41, 5.74) is 7.26. The van der Waals surface area contributed by atoms with Gasteiger partial charge in [0.15, 0.2) is 0 Å². The molecule has 5 aromatic rings. The lowest BCUT2D eigenvalue weighted by Crippen LogP contribution is -2.36. The van der Waals surface area contributed by atoms with Crippen LogP contribution in [0.3, 0.4) is 0 Å². The molecule has 1 N–H and O–H groups in total. The number of ether oxygens (including phenoxy) is 2. The van der Waals surface area contributed by atoms with E-state index >= 15 is 0 Å². The van der Waals surface area contributed by atoms with Crippen LogP contribution in [0.2, 0.25) is 5.02 Å². The van der Waals surface area contributed by atoms with Gasteiger partial charge in [0.1, 0.15) is 11.5 Å². The van der Waals surface area contributed by atoms with Crippen LogP contribution >= 0.6 is 11.6 Å². The Balaban J connectivity index is 1.34. The van der Waals surface area contributed by atoms with Gasteiger partial charge in [0.25, 0.3) is 11.8 Å². The lowest BCUT2D eigenvalue weighted by molar-refractivity contribution is 0.0734. The molecule has 6 bridgehead atoms. The van der Waals surface area contributed by atoms with Gasteiger partial charge in [-0.3, -0.25) is 19.2 Å². The minimum atomic E-state index is -0.275. The highest BCUT2D eigenvalue weighted by Crippen LogP contribution is 2.38. The number of benzene rings is 3. The van der Waals surface area contributed by atoms with Crippen molar-refractivity contribution in [3.63, 3.8) is 0 Å². The molecule has 11 heteroatoms. The molecule has 1 unspecified atom stereocenters. The second-order valence-corrected chi connectivity index (χ2v) is 13.3. The van der Waals surface area contributed by atoms with Crippen LogP contribution in [-0.4, -0.2) is 62.5 Å². The Morgan fingerprint density at radius 2 is 1.78 bits per heavy atom. The summed E-state index contributed by atoms with van der Waals surface area (Å²) in [6.45, 7) is 4.43. The van der Waals surface area contributed by atoms with E-state index < -0.39 is 0 Å². The van der Waals surface area contributed by atoms with Crippen molar-refractivity contribution in [2.75, 3.05) is 31.3 Å². The van der Waals surface area contributed by atoms with Crippen LogP contribution in [0.4, 0.5) is 11.4 Å². The normalized spacial score (nSPS) is 17.8. The second-order valence-electron chi connectivity index (χ2n) is 12.8. The number of hydrogen-bond acceptors (Lipinski definition) is 6. The van der Waals surface area contributed by atoms with E-state index in [1.165, 1.54) is 0 Å². The minimum Gasteiger partial charge on any atom is -0.508 e. The number of halogens is 1. The second kappa shape index (κ2) is 12.4. The number of carbonyl (C=O) groups excluding carboxylic acids is 2. The number of nitrogens with zero attached hydrogens (tertiary/aromatic N) is 5. The third-order valence-electron chi connectivity index (χ3n) is 10.0. The molecular weight excluding hydrogens is 642 g/mol. The molecule has 0 aliphatic carbocycles. The summed E-state index contributed by atoms with van der Waals surface area (Å²) in [6, 6.07) is 19.8. The van der Waals surface area contributed by atoms with E-state index in [-0.39, 0.29) is 23.6 Å². The van der Waals surface area contributed by atoms with Crippen molar-refractivity contribution < 1.29 is 24.2 Å². The molecule has 1 fully saturated rings. The van der Waals surface area contributed by atoms with Gasteiger partial charge in [0.2, 0.25) is 0 Å². The molecule has 1 saturated heterocycles. The van der Waals surface area contributed by atoms with Crippen LogP contribution in [-0.2, 0) is 31.2 Å². The first-order valence-electron chi connectivity index (χ1n) is 16.5. The summed E-state index contributed by atoms with van der Waals surface area (Å²) >= 11 is 6.56. The number of phenols is 1. The summed E-state index contributed by atoms with van der Waals surface area (Å²) in [5.74, 6) is 0.514. The van der Waals surface area contributed by atoms with Crippen LogP contribution in [0.25, 0.3) is 11.3 Å². The van der Waals surface area contributed by atoms with E-state index in [0.29, 0.717) is 84.5 Å². The standard InChI is InChI=1S/C38H36ClN5O5/c1-23-31-19-34(41(23)2)32-18-25(39)6-11-30(32)37(46)42-15-12-29-24(21-42)4-3-5-36(29)49-17-14-33-35(20-40-44(33)27-13-16-48-22-27)43(38(31)47)26-7-9-28(45)10-8-26/h3-11,18-20,27,45H,12-17,21-22H2,1-2H3. The topological polar surface area (TPSA) is 102 Å². The fourth-order valence-electron chi connectivity index (χ4n) is 7.33. The van der Waals surface area contributed by atoms with Crippen LogP contribution in [0, 0.1) is 6.92 Å². The van der Waals surface area contributed by atoms with E-state index in [4.69, 9.17) is 26.2 Å². The van der Waals surface area contributed by atoms with E-state index in [2.05, 4.69) is 6.07 Å². The first-order chi connectivity index (χ1) is 23.8. The number of aromatic hydroxyl groups is 1. The fraction of sp³-hybridized carbons (Fsp3) is 0.289. The van der Waals surface area contributed by atoms with E-state index in [9.17, 15) is 14.7 Å². The maximum absolute atomic E-state index is 14.9. The summed E-state index contributed by atoms with van der Waals surface area (Å²) in [4.78, 5) is 32.7. The molecule has 6 heterocycles. The van der Waals surface area contributed by atoms with Crippen LogP contribution < -0.4 is 9.64 Å². The molecule has 250 valence electrons. The monoisotopic (exact) mass is 677 g/mol. The molecule has 9 rings (SSSR count). The molecule has 4 aliphatic heterocycles. The summed E-state index contributed by atoms with van der Waals surface area (Å²) in [7, 11) is 1.89. The van der Waals surface area contributed by atoms with Crippen molar-refractivity contribution in [1.29, 1.82) is 0 Å². The molecule has 10 nitrogen and oxygen atoms in total. The zero-order valence-electron chi connectivity index (χ0n) is 27.4. The number of rotatable bonds is 2. The number of anilines is 2. The number of aromatic nitrogens is 3. The molecule has 3 aromatic carbocycles. The molecule has 49 heavy (non-hydrogen) atoms. The van der Waals surface area contributed by atoms with Gasteiger partial charge in [-0.15, -0.1) is 0 Å². The zero-order valence-corrected chi connectivity index (χ0v) is 28.1. The predicted octanol–water partition coefficient (Wildman–Crippen LogP) is 6.63. The SMILES string of the molecule is Cc1c2cc(n1C)-c1cc(Cl)ccc1C(=O)N1CCc3c(cccc3OCCc3c(cnn3C3CCOC3)N(c3ccc(O)cc3)C2=O)C1. The predicted molar refractivity (Wildman–Crippen MR) is 186 cm³/mol. The molecular formula is C38H36ClN5O5. The number of fused-ring (bicyclic) bond motifs is 4. The number of carbonyl (C=O) groups is 2. The lowest BCUT2D eigenvalue weighted by atomic mass is 9.96. The van der Waals surface area contributed by atoms with Crippen molar-refractivity contribution >= 4 is 34.8 Å². The van der Waals surface area contributed by atoms with Crippen LogP contribution in [0.1, 0.15) is 55.7 Å². The first-order valence-corrected chi connectivity index (χ1v) is 16.9. The zero-order chi connectivity index (χ0) is 33.8. The van der Waals surface area contributed by atoms with Gasteiger partial charge in [0, 0.05) is 72.0 Å². The molecule has 2 aromatic heterocycles. The fourth-order valence-corrected chi connectivity index (χ4v) is 7.50. The van der Waals surface area contributed by atoms with Gasteiger partial charge in [0.05, 0.1) is 42.4 Å². The summed E-state index contributed by atoms with van der Waals surface area (Å²) < 4.78 is 16.2. The Kier molecular flexibility index (Phi) is 7.92. The highest BCUT2D eigenvalue weighted by molar-refractivity contribution is 6.31. The van der Waals surface area contributed by atoms with Gasteiger partial charge < -0.3 is 24.0 Å². The Morgan fingerprint density at radius 1 is 0.939 bits per heavy atom. The summed E-state index contributed by atoms with van der Waals surface area (Å²) in [6.07, 6.45) is 3.70. The van der Waals surface area contributed by atoms with Crippen molar-refractivity contribution in [2.24, 2.45) is 7.05 Å². The molecule has 2 amide bonds. The van der Waals surface area contributed by atoms with E-state index in [1.807, 2.05) is 46.3 Å². The van der Waals surface area contributed by atoms with Gasteiger partial charge in [-0.1, -0.05) is 23.7 Å². The highest BCUT2D eigenvalue weighted by atomic mass is 35.5. The van der Waals surface area contributed by atoms with Crippen LogP contribution in [0.5, 0.6) is 11.5 Å². The van der Waals surface area contributed by atoms with Gasteiger partial charge in [-0.25, -0.2) is 0 Å². The molecule has 1 atom stereocenters. The Hall–Kier alpha value is -5.06. The van der Waals surface area contributed by atoms with Gasteiger partial charge in [-0.05, 0) is 79.9 Å². The third-order valence-corrected chi connectivity index (χ3v) is 10.3. The number of amides is 2. The number of phenolic OH excluding ortho intramolecular Hbond substituents is 1. The quantitative estimate of drug-likeness (QED) is 0.225. The van der Waals surface area contributed by atoms with Crippen molar-refractivity contribution in [1.82, 2.24) is 19.2 Å². The Bertz CT molecular complexity index is 2100. The Labute approximate surface area is 289 Å². The number of hydrogen-bond donors (Lipinski definition) is 1. The molecule has 0 spiro atoms. The first kappa shape index (κ1) is 31.2. The van der Waals surface area contributed by atoms with E-state index in [0.717, 1.165) is 34.7 Å². The van der Waals surface area contributed by atoms with Gasteiger partial charge >= 0.3 is 0 Å². The van der Waals surface area contributed by atoms with Crippen molar-refractivity contribution in [3.05, 3.63) is 112 Å². The minimum absolute atomic E-state index is 0.0256. The molecule has 0 saturated carbocycles. The smallest absolute Gasteiger partial charge is 0.264 e. The van der Waals surface area contributed by atoms with Crippen LogP contribution in [0.15, 0.2) is 72.9 Å². The van der Waals surface area contributed by atoms with Gasteiger partial charge in [-0.2, -0.15) is 5.10 Å². The lowest BCUT2D eigenvalue weighted by Gasteiger charge is -2.31. The Morgan fingerprint density at radius 3 is 2.57 bits per heavy atom. The average Bonchev–Trinajstić information content (AvgIpc) is 3.85. The van der Waals surface area contributed by atoms with Crippen molar-refractivity contribution in [3.8, 4) is 22.8 Å². The summed E-state index contributed by atoms with van der Waals surface area (Å²) in [5, 5.41) is 15.5. The largest absolute Gasteiger partial charge is 0.508 e. The maximum atomic E-state index is 14.9. The maximum Gasteiger partial charge on any atom is 0.264 e. The van der Waals surface area contributed by atoms with Crippen molar-refractivity contribution in [2.45, 2.75) is 38.8 Å². The molecule has 0 radical (unpaired) electrons. The molecule has 4 aliphatic rings. The van der Waals surface area contributed by atoms with E-state index in [1.54, 1.807) is 53.6 Å².